The van der Waals surface area contributed by atoms with Gasteiger partial charge in [0.2, 0.25) is 0 Å². The second-order valence-corrected chi connectivity index (χ2v) is 4.20. The van der Waals surface area contributed by atoms with Gasteiger partial charge in [-0.15, -0.1) is 0 Å². The van der Waals surface area contributed by atoms with E-state index < -0.39 is 0 Å². The van der Waals surface area contributed by atoms with Gasteiger partial charge in [0.15, 0.2) is 0 Å². The molecule has 0 aliphatic carbocycles. The van der Waals surface area contributed by atoms with Crippen LogP contribution >= 0.6 is 11.6 Å². The van der Waals surface area contributed by atoms with Gasteiger partial charge in [0, 0.05) is 5.69 Å². The Hall–Kier alpha value is -1.74. The molecular formula is C13H12ClFN2. The average molecular weight is 251 g/mol. The number of rotatable bonds is 2. The minimum absolute atomic E-state index is 0.308. The van der Waals surface area contributed by atoms with E-state index in [-0.39, 0.29) is 5.82 Å². The van der Waals surface area contributed by atoms with Gasteiger partial charge in [-0.05, 0) is 36.8 Å². The number of benzene rings is 2. The molecule has 0 aliphatic heterocycles. The first kappa shape index (κ1) is 11.7. The third-order valence-electron chi connectivity index (χ3n) is 2.47. The number of hydrogen-bond donors (Lipinski definition) is 2. The maximum absolute atomic E-state index is 13.6. The molecule has 0 atom stereocenters. The SMILES string of the molecule is Cc1cccc(F)c1Nc1ccc(N)cc1Cl. The molecule has 0 aromatic heterocycles. The van der Waals surface area contributed by atoms with Crippen molar-refractivity contribution in [3.05, 3.63) is 52.8 Å². The van der Waals surface area contributed by atoms with Crippen molar-refractivity contribution >= 4 is 28.7 Å². The molecule has 0 spiro atoms. The lowest BCUT2D eigenvalue weighted by atomic mass is 10.2. The summed E-state index contributed by atoms with van der Waals surface area (Å²) in [6.07, 6.45) is 0. The van der Waals surface area contributed by atoms with Crippen LogP contribution in [-0.4, -0.2) is 0 Å². The van der Waals surface area contributed by atoms with Crippen LogP contribution in [0.15, 0.2) is 36.4 Å². The van der Waals surface area contributed by atoms with Gasteiger partial charge in [0.1, 0.15) is 5.82 Å². The lowest BCUT2D eigenvalue weighted by Gasteiger charge is -2.12. The monoisotopic (exact) mass is 250 g/mol. The van der Waals surface area contributed by atoms with Gasteiger partial charge in [-0.25, -0.2) is 4.39 Å². The normalized spacial score (nSPS) is 10.3. The van der Waals surface area contributed by atoms with Crippen molar-refractivity contribution in [2.24, 2.45) is 0 Å². The predicted molar refractivity (Wildman–Crippen MR) is 70.3 cm³/mol. The van der Waals surface area contributed by atoms with Crippen molar-refractivity contribution < 1.29 is 4.39 Å². The van der Waals surface area contributed by atoms with Crippen molar-refractivity contribution in [3.63, 3.8) is 0 Å². The Bertz CT molecular complexity index is 535. The van der Waals surface area contributed by atoms with Gasteiger partial charge in [-0.3, -0.25) is 0 Å². The van der Waals surface area contributed by atoms with Gasteiger partial charge >= 0.3 is 0 Å². The van der Waals surface area contributed by atoms with Crippen molar-refractivity contribution in [1.82, 2.24) is 0 Å². The first-order valence-electron chi connectivity index (χ1n) is 5.15. The summed E-state index contributed by atoms with van der Waals surface area (Å²) >= 11 is 6.02. The lowest BCUT2D eigenvalue weighted by molar-refractivity contribution is 0.631. The number of para-hydroxylation sites is 1. The first-order chi connectivity index (χ1) is 8.08. The van der Waals surface area contributed by atoms with Crippen LogP contribution in [0.3, 0.4) is 0 Å². The summed E-state index contributed by atoms with van der Waals surface area (Å²) in [5.74, 6) is -0.308. The molecule has 0 heterocycles. The minimum atomic E-state index is -0.308. The highest BCUT2D eigenvalue weighted by molar-refractivity contribution is 6.33. The summed E-state index contributed by atoms with van der Waals surface area (Å²) < 4.78 is 13.6. The van der Waals surface area contributed by atoms with E-state index in [0.717, 1.165) is 5.56 Å². The number of nitrogen functional groups attached to an aromatic ring is 1. The van der Waals surface area contributed by atoms with Gasteiger partial charge in [-0.1, -0.05) is 23.7 Å². The second-order valence-electron chi connectivity index (χ2n) is 3.80. The lowest BCUT2D eigenvalue weighted by Crippen LogP contribution is -1.97. The fourth-order valence-electron chi connectivity index (χ4n) is 1.56. The van der Waals surface area contributed by atoms with E-state index in [2.05, 4.69) is 5.32 Å². The molecule has 4 heteroatoms. The van der Waals surface area contributed by atoms with Crippen LogP contribution in [0.4, 0.5) is 21.5 Å². The summed E-state index contributed by atoms with van der Waals surface area (Å²) in [5, 5.41) is 3.44. The molecule has 88 valence electrons. The van der Waals surface area contributed by atoms with E-state index in [9.17, 15) is 4.39 Å². The molecule has 0 saturated carbocycles. The van der Waals surface area contributed by atoms with Crippen molar-refractivity contribution in [2.45, 2.75) is 6.92 Å². The Balaban J connectivity index is 2.38. The molecule has 0 amide bonds. The number of halogens is 2. The number of aryl methyl sites for hydroxylation is 1. The van der Waals surface area contributed by atoms with Gasteiger partial charge in [0.05, 0.1) is 16.4 Å². The highest BCUT2D eigenvalue weighted by Gasteiger charge is 2.07. The van der Waals surface area contributed by atoms with Crippen LogP contribution in [0.5, 0.6) is 0 Å². The highest BCUT2D eigenvalue weighted by atomic mass is 35.5. The summed E-state index contributed by atoms with van der Waals surface area (Å²) in [7, 11) is 0. The standard InChI is InChI=1S/C13H12ClFN2/c1-8-3-2-4-11(15)13(8)17-12-6-5-9(16)7-10(12)14/h2-7,17H,16H2,1H3. The number of nitrogens with two attached hydrogens (primary N) is 1. The maximum atomic E-state index is 13.6. The first-order valence-corrected chi connectivity index (χ1v) is 5.53. The van der Waals surface area contributed by atoms with Crippen LogP contribution in [0.1, 0.15) is 5.56 Å². The van der Waals surface area contributed by atoms with E-state index in [4.69, 9.17) is 17.3 Å². The Morgan fingerprint density at radius 2 is 2.00 bits per heavy atom. The third-order valence-corrected chi connectivity index (χ3v) is 2.79. The maximum Gasteiger partial charge on any atom is 0.146 e. The Kier molecular flexibility index (Phi) is 3.20. The zero-order valence-corrected chi connectivity index (χ0v) is 10.1. The second kappa shape index (κ2) is 4.63. The van der Waals surface area contributed by atoms with Crippen molar-refractivity contribution in [2.75, 3.05) is 11.1 Å². The Morgan fingerprint density at radius 1 is 1.24 bits per heavy atom. The summed E-state index contributed by atoms with van der Waals surface area (Å²) in [4.78, 5) is 0. The Labute approximate surface area is 104 Å². The zero-order valence-electron chi connectivity index (χ0n) is 9.30. The Morgan fingerprint density at radius 3 is 2.65 bits per heavy atom. The molecule has 2 nitrogen and oxygen atoms in total. The number of anilines is 3. The van der Waals surface area contributed by atoms with Crippen LogP contribution in [0.25, 0.3) is 0 Å². The molecule has 0 aliphatic rings. The molecular weight excluding hydrogens is 239 g/mol. The highest BCUT2D eigenvalue weighted by Crippen LogP contribution is 2.29. The van der Waals surface area contributed by atoms with Crippen LogP contribution in [0, 0.1) is 12.7 Å². The fourth-order valence-corrected chi connectivity index (χ4v) is 1.79. The van der Waals surface area contributed by atoms with Crippen molar-refractivity contribution in [1.29, 1.82) is 0 Å². The van der Waals surface area contributed by atoms with Crippen molar-refractivity contribution in [3.8, 4) is 0 Å². The van der Waals surface area contributed by atoms with Gasteiger partial charge in [-0.2, -0.15) is 0 Å². The number of hydrogen-bond acceptors (Lipinski definition) is 2. The van der Waals surface area contributed by atoms with E-state index in [1.54, 1.807) is 24.3 Å². The molecule has 2 rings (SSSR count). The molecule has 0 radical (unpaired) electrons. The van der Waals surface area contributed by atoms with E-state index in [0.29, 0.717) is 22.1 Å². The summed E-state index contributed by atoms with van der Waals surface area (Å²) in [5.41, 5.74) is 8.05. The van der Waals surface area contributed by atoms with E-state index in [1.165, 1.54) is 6.07 Å². The molecule has 3 N–H and O–H groups in total. The smallest absolute Gasteiger partial charge is 0.146 e. The fraction of sp³-hybridized carbons (Fsp3) is 0.0769. The molecule has 0 unspecified atom stereocenters. The molecule has 0 saturated heterocycles. The molecule has 0 bridgehead atoms. The number of nitrogens with one attached hydrogen (secondary N) is 1. The van der Waals surface area contributed by atoms with Crippen LogP contribution < -0.4 is 11.1 Å². The molecule has 17 heavy (non-hydrogen) atoms. The summed E-state index contributed by atoms with van der Waals surface area (Å²) in [6, 6.07) is 9.96. The average Bonchev–Trinajstić information content (AvgIpc) is 2.26. The molecule has 2 aromatic rings. The third kappa shape index (κ3) is 2.50. The summed E-state index contributed by atoms with van der Waals surface area (Å²) in [6.45, 7) is 1.83. The molecule has 0 fully saturated rings. The van der Waals surface area contributed by atoms with Gasteiger partial charge < -0.3 is 11.1 Å². The molecule has 2 aromatic carbocycles. The minimum Gasteiger partial charge on any atom is -0.399 e. The van der Waals surface area contributed by atoms with Gasteiger partial charge in [0.25, 0.3) is 0 Å². The topological polar surface area (TPSA) is 38.0 Å². The van der Waals surface area contributed by atoms with E-state index in [1.807, 2.05) is 13.0 Å². The zero-order chi connectivity index (χ0) is 12.4. The quantitative estimate of drug-likeness (QED) is 0.787. The van der Waals surface area contributed by atoms with E-state index >= 15 is 0 Å². The largest absolute Gasteiger partial charge is 0.399 e. The van der Waals surface area contributed by atoms with Crippen LogP contribution in [0.2, 0.25) is 5.02 Å². The van der Waals surface area contributed by atoms with Crippen LogP contribution in [-0.2, 0) is 0 Å². The predicted octanol–water partition coefficient (Wildman–Crippen LogP) is 4.11.